The molecular formula is C16H22N4. The molecule has 20 heavy (non-hydrogen) atoms. The van der Waals surface area contributed by atoms with Gasteiger partial charge in [0.1, 0.15) is 0 Å². The van der Waals surface area contributed by atoms with Gasteiger partial charge in [-0.2, -0.15) is 0 Å². The van der Waals surface area contributed by atoms with E-state index in [-0.39, 0.29) is 0 Å². The third-order valence-corrected chi connectivity index (χ3v) is 3.26. The first-order chi connectivity index (χ1) is 9.76. The Morgan fingerprint density at radius 3 is 2.50 bits per heavy atom. The Balaban J connectivity index is 2.25. The SMILES string of the molecule is CCNCc1cnc(N(CC)c2ccccc2)nc1C. The minimum atomic E-state index is 0.761. The maximum atomic E-state index is 4.65. The molecule has 0 radical (unpaired) electrons. The van der Waals surface area contributed by atoms with Gasteiger partial charge in [-0.05, 0) is 32.5 Å². The zero-order valence-corrected chi connectivity index (χ0v) is 12.4. The second kappa shape index (κ2) is 7.01. The number of benzene rings is 1. The monoisotopic (exact) mass is 270 g/mol. The lowest BCUT2D eigenvalue weighted by atomic mass is 10.2. The van der Waals surface area contributed by atoms with Gasteiger partial charge in [0.05, 0.1) is 0 Å². The number of hydrogen-bond donors (Lipinski definition) is 1. The first kappa shape index (κ1) is 14.5. The van der Waals surface area contributed by atoms with E-state index >= 15 is 0 Å². The van der Waals surface area contributed by atoms with E-state index in [0.717, 1.165) is 42.5 Å². The zero-order valence-electron chi connectivity index (χ0n) is 12.4. The van der Waals surface area contributed by atoms with Crippen molar-refractivity contribution in [2.24, 2.45) is 0 Å². The summed E-state index contributed by atoms with van der Waals surface area (Å²) < 4.78 is 0. The van der Waals surface area contributed by atoms with Crippen LogP contribution in [0.1, 0.15) is 25.1 Å². The lowest BCUT2D eigenvalue weighted by molar-refractivity contribution is 0.715. The Morgan fingerprint density at radius 1 is 1.15 bits per heavy atom. The van der Waals surface area contributed by atoms with Crippen LogP contribution in [0.5, 0.6) is 0 Å². The van der Waals surface area contributed by atoms with Crippen LogP contribution in [-0.4, -0.2) is 23.1 Å². The van der Waals surface area contributed by atoms with Crippen LogP contribution in [0, 0.1) is 6.92 Å². The van der Waals surface area contributed by atoms with Crippen LogP contribution >= 0.6 is 0 Å². The molecule has 0 fully saturated rings. The third kappa shape index (κ3) is 3.33. The van der Waals surface area contributed by atoms with E-state index < -0.39 is 0 Å². The average molecular weight is 270 g/mol. The molecular weight excluding hydrogens is 248 g/mol. The first-order valence-electron chi connectivity index (χ1n) is 7.12. The molecule has 0 saturated carbocycles. The van der Waals surface area contributed by atoms with Gasteiger partial charge in [-0.15, -0.1) is 0 Å². The number of rotatable bonds is 6. The summed E-state index contributed by atoms with van der Waals surface area (Å²) in [4.78, 5) is 11.3. The number of aryl methyl sites for hydroxylation is 1. The summed E-state index contributed by atoms with van der Waals surface area (Å²) in [5, 5.41) is 3.31. The van der Waals surface area contributed by atoms with Gasteiger partial charge in [0.15, 0.2) is 0 Å². The van der Waals surface area contributed by atoms with Crippen molar-refractivity contribution in [3.63, 3.8) is 0 Å². The van der Waals surface area contributed by atoms with Gasteiger partial charge in [0, 0.05) is 36.2 Å². The molecule has 0 atom stereocenters. The summed E-state index contributed by atoms with van der Waals surface area (Å²) >= 11 is 0. The Bertz CT molecular complexity index is 539. The first-order valence-corrected chi connectivity index (χ1v) is 7.12. The van der Waals surface area contributed by atoms with Crippen molar-refractivity contribution in [3.05, 3.63) is 47.8 Å². The van der Waals surface area contributed by atoms with E-state index in [1.807, 2.05) is 31.3 Å². The minimum absolute atomic E-state index is 0.761. The molecule has 0 unspecified atom stereocenters. The summed E-state index contributed by atoms with van der Waals surface area (Å²) in [6.45, 7) is 8.86. The predicted octanol–water partition coefficient (Wildman–Crippen LogP) is 3.05. The fourth-order valence-corrected chi connectivity index (χ4v) is 2.09. The highest BCUT2D eigenvalue weighted by Crippen LogP contribution is 2.21. The Labute approximate surface area is 120 Å². The third-order valence-electron chi connectivity index (χ3n) is 3.26. The lowest BCUT2D eigenvalue weighted by Gasteiger charge is -2.21. The fourth-order valence-electron chi connectivity index (χ4n) is 2.09. The van der Waals surface area contributed by atoms with E-state index in [1.165, 1.54) is 0 Å². The highest BCUT2D eigenvalue weighted by molar-refractivity contribution is 5.56. The largest absolute Gasteiger partial charge is 0.313 e. The molecule has 0 saturated heterocycles. The van der Waals surface area contributed by atoms with Gasteiger partial charge in [-0.3, -0.25) is 0 Å². The average Bonchev–Trinajstić information content (AvgIpc) is 2.48. The Morgan fingerprint density at radius 2 is 1.90 bits per heavy atom. The molecule has 0 aliphatic rings. The summed E-state index contributed by atoms with van der Waals surface area (Å²) in [5.41, 5.74) is 3.30. The van der Waals surface area contributed by atoms with E-state index in [2.05, 4.69) is 46.2 Å². The molecule has 0 aliphatic carbocycles. The summed E-state index contributed by atoms with van der Waals surface area (Å²) in [6, 6.07) is 10.2. The van der Waals surface area contributed by atoms with Crippen molar-refractivity contribution < 1.29 is 0 Å². The quantitative estimate of drug-likeness (QED) is 0.876. The fraction of sp³-hybridized carbons (Fsp3) is 0.375. The second-order valence-corrected chi connectivity index (χ2v) is 4.64. The summed E-state index contributed by atoms with van der Waals surface area (Å²) in [7, 11) is 0. The topological polar surface area (TPSA) is 41.1 Å². The van der Waals surface area contributed by atoms with E-state index in [1.54, 1.807) is 0 Å². The van der Waals surface area contributed by atoms with Crippen LogP contribution in [0.2, 0.25) is 0 Å². The van der Waals surface area contributed by atoms with Crippen LogP contribution in [0.3, 0.4) is 0 Å². The van der Waals surface area contributed by atoms with Crippen molar-refractivity contribution >= 4 is 11.6 Å². The molecule has 1 heterocycles. The molecule has 0 spiro atoms. The molecule has 1 aromatic carbocycles. The van der Waals surface area contributed by atoms with Crippen LogP contribution in [0.15, 0.2) is 36.5 Å². The summed E-state index contributed by atoms with van der Waals surface area (Å²) in [6.07, 6.45) is 1.92. The molecule has 2 rings (SSSR count). The number of nitrogens with one attached hydrogen (secondary N) is 1. The van der Waals surface area contributed by atoms with Crippen molar-refractivity contribution in [1.82, 2.24) is 15.3 Å². The highest BCUT2D eigenvalue weighted by Gasteiger charge is 2.11. The molecule has 106 valence electrons. The maximum Gasteiger partial charge on any atom is 0.230 e. The molecule has 1 N–H and O–H groups in total. The smallest absolute Gasteiger partial charge is 0.230 e. The van der Waals surface area contributed by atoms with Gasteiger partial charge in [0.25, 0.3) is 0 Å². The van der Waals surface area contributed by atoms with Gasteiger partial charge >= 0.3 is 0 Å². The summed E-state index contributed by atoms with van der Waals surface area (Å²) in [5.74, 6) is 0.761. The van der Waals surface area contributed by atoms with E-state index in [9.17, 15) is 0 Å². The molecule has 0 amide bonds. The predicted molar refractivity (Wildman–Crippen MR) is 83.3 cm³/mol. The van der Waals surface area contributed by atoms with Crippen LogP contribution in [0.4, 0.5) is 11.6 Å². The highest BCUT2D eigenvalue weighted by atomic mass is 15.2. The van der Waals surface area contributed by atoms with Crippen molar-refractivity contribution in [1.29, 1.82) is 0 Å². The van der Waals surface area contributed by atoms with Gasteiger partial charge in [0.2, 0.25) is 5.95 Å². The maximum absolute atomic E-state index is 4.65. The van der Waals surface area contributed by atoms with E-state index in [4.69, 9.17) is 0 Å². The van der Waals surface area contributed by atoms with Gasteiger partial charge in [-0.25, -0.2) is 9.97 Å². The number of anilines is 2. The normalized spacial score (nSPS) is 10.6. The molecule has 1 aromatic heterocycles. The number of nitrogens with zero attached hydrogens (tertiary/aromatic N) is 3. The lowest BCUT2D eigenvalue weighted by Crippen LogP contribution is -2.20. The zero-order chi connectivity index (χ0) is 14.4. The number of aromatic nitrogens is 2. The molecule has 0 aliphatic heterocycles. The number of para-hydroxylation sites is 1. The van der Waals surface area contributed by atoms with Gasteiger partial charge < -0.3 is 10.2 Å². The van der Waals surface area contributed by atoms with E-state index in [0.29, 0.717) is 0 Å². The standard InChI is InChI=1S/C16H22N4/c1-4-17-11-14-12-18-16(19-13(14)3)20(5-2)15-9-7-6-8-10-15/h6-10,12,17H,4-5,11H2,1-3H3. The van der Waals surface area contributed by atoms with Crippen LogP contribution < -0.4 is 10.2 Å². The number of hydrogen-bond acceptors (Lipinski definition) is 4. The van der Waals surface area contributed by atoms with Gasteiger partial charge in [-0.1, -0.05) is 25.1 Å². The van der Waals surface area contributed by atoms with Crippen LogP contribution in [0.25, 0.3) is 0 Å². The minimum Gasteiger partial charge on any atom is -0.313 e. The molecule has 4 nitrogen and oxygen atoms in total. The van der Waals surface area contributed by atoms with Crippen LogP contribution in [-0.2, 0) is 6.54 Å². The molecule has 2 aromatic rings. The van der Waals surface area contributed by atoms with Crippen molar-refractivity contribution in [2.75, 3.05) is 18.0 Å². The Kier molecular flexibility index (Phi) is 5.07. The van der Waals surface area contributed by atoms with Crippen molar-refractivity contribution in [2.45, 2.75) is 27.3 Å². The molecule has 4 heteroatoms. The molecule has 0 bridgehead atoms. The van der Waals surface area contributed by atoms with Crippen molar-refractivity contribution in [3.8, 4) is 0 Å². The Hall–Kier alpha value is -1.94. The second-order valence-electron chi connectivity index (χ2n) is 4.64.